The molecular weight excluding hydrogens is 703 g/mol. The number of allylic oxidation sites excluding steroid dienone is 2. The molecule has 15 heteroatoms. The van der Waals surface area contributed by atoms with Crippen molar-refractivity contribution in [3.8, 4) is 11.5 Å². The van der Waals surface area contributed by atoms with Crippen LogP contribution < -0.4 is 14.5 Å². The highest BCUT2D eigenvalue weighted by Crippen LogP contribution is 2.66. The van der Waals surface area contributed by atoms with Crippen LogP contribution in [0.4, 0.5) is 28.9 Å². The van der Waals surface area contributed by atoms with Gasteiger partial charge in [-0.05, 0) is 85.5 Å². The first kappa shape index (κ1) is 32.4. The highest BCUT2D eigenvalue weighted by molar-refractivity contribution is 6.58. The number of carbonyl (C=O) groups excluding carboxylic acids is 4. The van der Waals surface area contributed by atoms with Crippen LogP contribution in [0.25, 0.3) is 0 Å². The fourth-order valence-electron chi connectivity index (χ4n) is 7.55. The Morgan fingerprint density at radius 3 is 2.10 bits per heavy atom. The summed E-state index contributed by atoms with van der Waals surface area (Å²) in [6.07, 6.45) is -4.04. The number of aromatic hydroxyl groups is 1. The molecule has 8 nitrogen and oxygen atoms in total. The number of nitrogens with zero attached hydrogens (tertiary/aromatic N) is 2. The number of imide groups is 2. The molecule has 4 aliphatic rings. The number of hydrogen-bond acceptors (Lipinski definition) is 6. The molecule has 2 aliphatic heterocycles. The Hall–Kier alpha value is -4.13. The fraction of sp³-hybridized carbons (Fsp3) is 0.273. The number of phenols is 1. The molecule has 2 saturated heterocycles. The molecule has 6 unspecified atom stereocenters. The van der Waals surface area contributed by atoms with Crippen LogP contribution >= 0.6 is 34.8 Å². The van der Waals surface area contributed by atoms with Crippen LogP contribution in [0.15, 0.2) is 78.4 Å². The molecule has 1 saturated carbocycles. The predicted molar refractivity (Wildman–Crippen MR) is 165 cm³/mol. The molecule has 2 aliphatic carbocycles. The van der Waals surface area contributed by atoms with Crippen LogP contribution in [0, 0.1) is 23.6 Å². The molecule has 0 bridgehead atoms. The largest absolute Gasteiger partial charge is 0.573 e. The van der Waals surface area contributed by atoms with Gasteiger partial charge in [-0.1, -0.05) is 23.3 Å². The van der Waals surface area contributed by atoms with Crippen molar-refractivity contribution < 1.29 is 46.6 Å². The molecule has 48 heavy (non-hydrogen) atoms. The zero-order valence-corrected chi connectivity index (χ0v) is 26.4. The van der Waals surface area contributed by atoms with E-state index >= 15 is 0 Å². The van der Waals surface area contributed by atoms with E-state index in [-0.39, 0.29) is 28.9 Å². The lowest BCUT2D eigenvalue weighted by Gasteiger charge is -2.50. The maximum Gasteiger partial charge on any atom is 0.573 e. The highest BCUT2D eigenvalue weighted by Gasteiger charge is 2.77. The van der Waals surface area contributed by atoms with Crippen molar-refractivity contribution in [2.24, 2.45) is 17.8 Å². The molecule has 2 heterocycles. The van der Waals surface area contributed by atoms with E-state index in [1.807, 2.05) is 0 Å². The minimum Gasteiger partial charge on any atom is -0.508 e. The van der Waals surface area contributed by atoms with Crippen molar-refractivity contribution in [3.63, 3.8) is 0 Å². The summed E-state index contributed by atoms with van der Waals surface area (Å²) in [6, 6.07) is 12.9. The van der Waals surface area contributed by atoms with Crippen LogP contribution in [0.2, 0.25) is 5.02 Å². The summed E-state index contributed by atoms with van der Waals surface area (Å²) in [7, 11) is 0. The minimum atomic E-state index is -5.13. The quantitative estimate of drug-likeness (QED) is 0.137. The number of carbonyl (C=O) groups is 4. The third-order valence-corrected chi connectivity index (χ3v) is 11.2. The number of rotatable bonds is 4. The van der Waals surface area contributed by atoms with E-state index in [4.69, 9.17) is 34.8 Å². The number of hydrogen-bond donors (Lipinski definition) is 1. The molecule has 4 amide bonds. The summed E-state index contributed by atoms with van der Waals surface area (Å²) < 4.78 is 57.8. The second-order valence-electron chi connectivity index (χ2n) is 12.0. The molecular formula is C33H21Cl3F4N2O6. The Labute approximate surface area is 284 Å². The van der Waals surface area contributed by atoms with Crippen molar-refractivity contribution in [1.82, 2.24) is 0 Å². The second-order valence-corrected chi connectivity index (χ2v) is 13.7. The normalized spacial score (nSPS) is 29.9. The van der Waals surface area contributed by atoms with E-state index in [1.54, 1.807) is 6.08 Å². The van der Waals surface area contributed by atoms with Crippen molar-refractivity contribution in [1.29, 1.82) is 0 Å². The third kappa shape index (κ3) is 4.63. The van der Waals surface area contributed by atoms with E-state index in [0.29, 0.717) is 9.92 Å². The SMILES string of the molecule is O=C1C2CC=C3C(CC4(Cl)C(=O)N(c5ccc(F)cc5)C(=O)C4(Cl)C3c3cc(OC(F)(F)F)ccc3O)C2C(=O)N1c1ccc(Cl)cc1. The number of fused-ring (bicyclic) bond motifs is 4. The van der Waals surface area contributed by atoms with Crippen LogP contribution in [0.1, 0.15) is 24.3 Å². The van der Waals surface area contributed by atoms with Crippen molar-refractivity contribution in [2.45, 2.75) is 34.9 Å². The Kier molecular flexibility index (Phi) is 7.39. The minimum absolute atomic E-state index is 0.0345. The monoisotopic (exact) mass is 722 g/mol. The molecule has 3 fully saturated rings. The molecule has 0 aromatic heterocycles. The van der Waals surface area contributed by atoms with Gasteiger partial charge in [0.2, 0.25) is 11.8 Å². The molecule has 6 atom stereocenters. The van der Waals surface area contributed by atoms with Crippen molar-refractivity contribution in [3.05, 3.63) is 94.8 Å². The van der Waals surface area contributed by atoms with Gasteiger partial charge in [0.05, 0.1) is 23.2 Å². The molecule has 0 radical (unpaired) electrons. The smallest absolute Gasteiger partial charge is 0.508 e. The van der Waals surface area contributed by atoms with Crippen LogP contribution in [0.5, 0.6) is 11.5 Å². The van der Waals surface area contributed by atoms with Gasteiger partial charge >= 0.3 is 6.36 Å². The van der Waals surface area contributed by atoms with E-state index < -0.39 is 87.1 Å². The lowest BCUT2D eigenvalue weighted by Crippen LogP contribution is -2.60. The Morgan fingerprint density at radius 2 is 1.46 bits per heavy atom. The Bertz CT molecular complexity index is 1940. The third-order valence-electron chi connectivity index (χ3n) is 9.52. The molecule has 0 spiro atoms. The standard InChI is InChI=1S/C33H21Cl3F4N2O6/c34-15-1-5-17(6-2-15)41-27(44)21-11-10-20-23(25(21)28(41)45)14-31(35)29(46)42(18-7-3-16(37)4-8-18)30(47)32(31,36)26(20)22-13-19(9-12-24(22)43)48-33(38,39)40/h1-10,12-13,21,23,25-26,43H,11,14H2. The number of ether oxygens (including phenoxy) is 1. The van der Waals surface area contributed by atoms with Crippen molar-refractivity contribution in [2.75, 3.05) is 9.80 Å². The topological polar surface area (TPSA) is 104 Å². The Balaban J connectivity index is 1.41. The number of phenolic OH excluding ortho intramolecular Hbond substituents is 1. The molecule has 3 aromatic carbocycles. The summed E-state index contributed by atoms with van der Waals surface area (Å²) >= 11 is 20.4. The van der Waals surface area contributed by atoms with E-state index in [9.17, 15) is 41.8 Å². The van der Waals surface area contributed by atoms with Gasteiger partial charge in [-0.2, -0.15) is 0 Å². The number of alkyl halides is 5. The summed E-state index contributed by atoms with van der Waals surface area (Å²) in [4.78, 5) is 53.3. The predicted octanol–water partition coefficient (Wildman–Crippen LogP) is 6.85. The van der Waals surface area contributed by atoms with E-state index in [0.717, 1.165) is 47.4 Å². The average molecular weight is 724 g/mol. The highest BCUT2D eigenvalue weighted by atomic mass is 35.5. The van der Waals surface area contributed by atoms with Gasteiger partial charge in [0, 0.05) is 16.5 Å². The maximum absolute atomic E-state index is 14.4. The molecule has 7 rings (SSSR count). The summed E-state index contributed by atoms with van der Waals surface area (Å²) in [5.74, 6) is -9.98. The average Bonchev–Trinajstić information content (AvgIpc) is 3.36. The first-order valence-electron chi connectivity index (χ1n) is 14.5. The fourth-order valence-corrected chi connectivity index (χ4v) is 8.60. The number of halogens is 7. The van der Waals surface area contributed by atoms with Crippen LogP contribution in [-0.2, 0) is 19.2 Å². The number of amides is 4. The van der Waals surface area contributed by atoms with E-state index in [1.165, 1.54) is 24.3 Å². The van der Waals surface area contributed by atoms with Gasteiger partial charge in [0.25, 0.3) is 11.8 Å². The van der Waals surface area contributed by atoms with Gasteiger partial charge in [-0.25, -0.2) is 9.29 Å². The van der Waals surface area contributed by atoms with Gasteiger partial charge < -0.3 is 9.84 Å². The Morgan fingerprint density at radius 1 is 0.833 bits per heavy atom. The van der Waals surface area contributed by atoms with E-state index in [2.05, 4.69) is 4.74 Å². The molecule has 248 valence electrons. The van der Waals surface area contributed by atoms with Gasteiger partial charge in [-0.15, -0.1) is 36.4 Å². The van der Waals surface area contributed by atoms with Crippen LogP contribution in [0.3, 0.4) is 0 Å². The lowest BCUT2D eigenvalue weighted by molar-refractivity contribution is -0.274. The second kappa shape index (κ2) is 10.9. The zero-order chi connectivity index (χ0) is 34.5. The molecule has 1 N–H and O–H groups in total. The van der Waals surface area contributed by atoms with Gasteiger partial charge in [0.1, 0.15) is 17.3 Å². The van der Waals surface area contributed by atoms with Gasteiger partial charge in [-0.3, -0.25) is 24.1 Å². The lowest BCUT2D eigenvalue weighted by atomic mass is 9.56. The first-order chi connectivity index (χ1) is 22.6. The van der Waals surface area contributed by atoms with Gasteiger partial charge in [0.15, 0.2) is 9.75 Å². The summed E-state index contributed by atoms with van der Waals surface area (Å²) in [5, 5.41) is 11.5. The van der Waals surface area contributed by atoms with Crippen LogP contribution in [-0.4, -0.2) is 44.8 Å². The number of anilines is 2. The first-order valence-corrected chi connectivity index (χ1v) is 15.6. The summed E-state index contributed by atoms with van der Waals surface area (Å²) in [5.41, 5.74) is 0.0471. The van der Waals surface area contributed by atoms with Crippen molar-refractivity contribution >= 4 is 69.8 Å². The molecule has 3 aromatic rings. The zero-order valence-electron chi connectivity index (χ0n) is 24.2. The number of benzene rings is 3. The maximum atomic E-state index is 14.4. The summed E-state index contributed by atoms with van der Waals surface area (Å²) in [6.45, 7) is 0.